The summed E-state index contributed by atoms with van der Waals surface area (Å²) in [6.07, 6.45) is 0. The molecule has 0 amide bonds. The van der Waals surface area contributed by atoms with E-state index in [1.807, 2.05) is 7.05 Å². The summed E-state index contributed by atoms with van der Waals surface area (Å²) in [5.74, 6) is 0. The van der Waals surface area contributed by atoms with E-state index in [2.05, 4.69) is 51.4 Å². The monoisotopic (exact) mass is 252 g/mol. The third-order valence-electron chi connectivity index (χ3n) is 2.44. The van der Waals surface area contributed by atoms with Crippen molar-refractivity contribution < 1.29 is 0 Å². The molecule has 0 bridgehead atoms. The number of aromatic amines is 1. The van der Waals surface area contributed by atoms with Crippen molar-refractivity contribution in [2.24, 2.45) is 0 Å². The molecule has 0 fully saturated rings. The zero-order valence-corrected chi connectivity index (χ0v) is 9.90. The van der Waals surface area contributed by atoms with E-state index in [0.29, 0.717) is 0 Å². The molecule has 0 unspecified atom stereocenters. The van der Waals surface area contributed by atoms with Crippen LogP contribution in [0.25, 0.3) is 10.9 Å². The fourth-order valence-electron chi connectivity index (χ4n) is 1.77. The molecule has 0 saturated heterocycles. The number of hydrogen-bond donors (Lipinski definition) is 2. The van der Waals surface area contributed by atoms with E-state index in [1.165, 1.54) is 22.2 Å². The molecule has 1 aromatic heterocycles. The molecular weight excluding hydrogens is 240 g/mol. The van der Waals surface area contributed by atoms with Gasteiger partial charge in [0, 0.05) is 27.6 Å². The molecule has 0 aliphatic heterocycles. The Morgan fingerprint density at radius 1 is 1.43 bits per heavy atom. The van der Waals surface area contributed by atoms with Crippen molar-refractivity contribution in [3.63, 3.8) is 0 Å². The average Bonchev–Trinajstić information content (AvgIpc) is 2.43. The van der Waals surface area contributed by atoms with Gasteiger partial charge in [0.25, 0.3) is 0 Å². The molecule has 2 aromatic rings. The molecule has 1 aromatic carbocycles. The maximum atomic E-state index is 3.47. The zero-order valence-electron chi connectivity index (χ0n) is 8.32. The van der Waals surface area contributed by atoms with Crippen LogP contribution >= 0.6 is 15.9 Å². The normalized spacial score (nSPS) is 11.1. The van der Waals surface area contributed by atoms with E-state index < -0.39 is 0 Å². The Hall–Kier alpha value is -0.800. The van der Waals surface area contributed by atoms with Crippen molar-refractivity contribution >= 4 is 26.8 Å². The average molecular weight is 253 g/mol. The molecule has 2 N–H and O–H groups in total. The van der Waals surface area contributed by atoms with Crippen molar-refractivity contribution in [1.82, 2.24) is 10.3 Å². The Kier molecular flexibility index (Phi) is 2.61. The highest BCUT2D eigenvalue weighted by molar-refractivity contribution is 9.10. The lowest BCUT2D eigenvalue weighted by molar-refractivity contribution is 0.817. The SMILES string of the molecule is CNCc1c(C)[nH]c2cc(Br)ccc12. The first kappa shape index (κ1) is 9.74. The second-order valence-electron chi connectivity index (χ2n) is 3.45. The van der Waals surface area contributed by atoms with Crippen LogP contribution in [0.5, 0.6) is 0 Å². The number of H-pyrrole nitrogens is 1. The molecule has 14 heavy (non-hydrogen) atoms. The lowest BCUT2D eigenvalue weighted by Crippen LogP contribution is -2.05. The number of rotatable bonds is 2. The van der Waals surface area contributed by atoms with Crippen molar-refractivity contribution in [3.8, 4) is 0 Å². The summed E-state index contributed by atoms with van der Waals surface area (Å²) in [6, 6.07) is 6.34. The van der Waals surface area contributed by atoms with Crippen molar-refractivity contribution in [3.05, 3.63) is 33.9 Å². The van der Waals surface area contributed by atoms with E-state index in [9.17, 15) is 0 Å². The maximum Gasteiger partial charge on any atom is 0.0470 e. The Morgan fingerprint density at radius 3 is 2.93 bits per heavy atom. The topological polar surface area (TPSA) is 27.8 Å². The van der Waals surface area contributed by atoms with E-state index in [0.717, 1.165) is 11.0 Å². The molecule has 0 atom stereocenters. The summed E-state index contributed by atoms with van der Waals surface area (Å²) >= 11 is 3.47. The largest absolute Gasteiger partial charge is 0.358 e. The highest BCUT2D eigenvalue weighted by Crippen LogP contribution is 2.24. The number of benzene rings is 1. The van der Waals surface area contributed by atoms with Crippen LogP contribution in [0, 0.1) is 6.92 Å². The van der Waals surface area contributed by atoms with Crippen LogP contribution in [-0.4, -0.2) is 12.0 Å². The Balaban J connectivity index is 2.64. The quantitative estimate of drug-likeness (QED) is 0.846. The van der Waals surface area contributed by atoms with Gasteiger partial charge in [-0.15, -0.1) is 0 Å². The van der Waals surface area contributed by atoms with Gasteiger partial charge < -0.3 is 10.3 Å². The van der Waals surface area contributed by atoms with Gasteiger partial charge in [-0.25, -0.2) is 0 Å². The first-order valence-electron chi connectivity index (χ1n) is 4.63. The predicted octanol–water partition coefficient (Wildman–Crippen LogP) is 2.96. The lowest BCUT2D eigenvalue weighted by Gasteiger charge is -1.99. The van der Waals surface area contributed by atoms with Gasteiger partial charge in [0.2, 0.25) is 0 Å². The van der Waals surface area contributed by atoms with Crippen LogP contribution < -0.4 is 5.32 Å². The summed E-state index contributed by atoms with van der Waals surface area (Å²) in [4.78, 5) is 3.38. The molecule has 0 spiro atoms. The highest BCUT2D eigenvalue weighted by atomic mass is 79.9. The van der Waals surface area contributed by atoms with E-state index in [1.54, 1.807) is 0 Å². The molecule has 0 radical (unpaired) electrons. The van der Waals surface area contributed by atoms with E-state index >= 15 is 0 Å². The second-order valence-corrected chi connectivity index (χ2v) is 4.36. The molecule has 3 heteroatoms. The summed E-state index contributed by atoms with van der Waals surface area (Å²) in [5.41, 5.74) is 3.80. The Labute approximate surface area is 91.8 Å². The summed E-state index contributed by atoms with van der Waals surface area (Å²) in [6.45, 7) is 3.02. The van der Waals surface area contributed by atoms with E-state index in [4.69, 9.17) is 0 Å². The van der Waals surface area contributed by atoms with Gasteiger partial charge in [-0.2, -0.15) is 0 Å². The number of hydrogen-bond acceptors (Lipinski definition) is 1. The minimum absolute atomic E-state index is 0.910. The number of aromatic nitrogens is 1. The van der Waals surface area contributed by atoms with Gasteiger partial charge in [-0.05, 0) is 31.7 Å². The summed E-state index contributed by atoms with van der Waals surface area (Å²) in [5, 5.41) is 4.49. The lowest BCUT2D eigenvalue weighted by atomic mass is 10.1. The molecule has 2 nitrogen and oxygen atoms in total. The van der Waals surface area contributed by atoms with Crippen LogP contribution in [0.15, 0.2) is 22.7 Å². The third-order valence-corrected chi connectivity index (χ3v) is 2.93. The van der Waals surface area contributed by atoms with Gasteiger partial charge in [-0.1, -0.05) is 22.0 Å². The molecule has 2 rings (SSSR count). The van der Waals surface area contributed by atoms with Crippen molar-refractivity contribution in [2.45, 2.75) is 13.5 Å². The molecular formula is C11H13BrN2. The molecule has 1 heterocycles. The predicted molar refractivity (Wildman–Crippen MR) is 63.5 cm³/mol. The first-order valence-corrected chi connectivity index (χ1v) is 5.43. The number of aryl methyl sites for hydroxylation is 1. The third kappa shape index (κ3) is 1.57. The van der Waals surface area contributed by atoms with Gasteiger partial charge >= 0.3 is 0 Å². The highest BCUT2D eigenvalue weighted by Gasteiger charge is 2.06. The van der Waals surface area contributed by atoms with Crippen molar-refractivity contribution in [1.29, 1.82) is 0 Å². The van der Waals surface area contributed by atoms with Crippen molar-refractivity contribution in [2.75, 3.05) is 7.05 Å². The maximum absolute atomic E-state index is 3.47. The van der Waals surface area contributed by atoms with Gasteiger partial charge in [0.15, 0.2) is 0 Å². The van der Waals surface area contributed by atoms with Gasteiger partial charge in [-0.3, -0.25) is 0 Å². The standard InChI is InChI=1S/C11H13BrN2/c1-7-10(6-13-2)9-4-3-8(12)5-11(9)14-7/h3-5,13-14H,6H2,1-2H3. The van der Waals surface area contributed by atoms with E-state index in [-0.39, 0.29) is 0 Å². The zero-order chi connectivity index (χ0) is 10.1. The minimum atomic E-state index is 0.910. The van der Waals surface area contributed by atoms with Crippen LogP contribution in [0.4, 0.5) is 0 Å². The fraction of sp³-hybridized carbons (Fsp3) is 0.273. The number of halogens is 1. The number of fused-ring (bicyclic) bond motifs is 1. The van der Waals surface area contributed by atoms with Crippen LogP contribution in [0.2, 0.25) is 0 Å². The van der Waals surface area contributed by atoms with Crippen LogP contribution in [0.1, 0.15) is 11.3 Å². The van der Waals surface area contributed by atoms with Crippen LogP contribution in [0.3, 0.4) is 0 Å². The fourth-order valence-corrected chi connectivity index (χ4v) is 2.13. The minimum Gasteiger partial charge on any atom is -0.358 e. The smallest absolute Gasteiger partial charge is 0.0470 e. The van der Waals surface area contributed by atoms with Crippen LogP contribution in [-0.2, 0) is 6.54 Å². The van der Waals surface area contributed by atoms with Gasteiger partial charge in [0.1, 0.15) is 0 Å². The molecule has 0 saturated carbocycles. The summed E-state index contributed by atoms with van der Waals surface area (Å²) in [7, 11) is 1.97. The number of nitrogens with one attached hydrogen (secondary N) is 2. The molecule has 74 valence electrons. The van der Waals surface area contributed by atoms with Gasteiger partial charge in [0.05, 0.1) is 0 Å². The molecule has 0 aliphatic carbocycles. The first-order chi connectivity index (χ1) is 6.72. The molecule has 0 aliphatic rings. The Bertz CT molecular complexity index is 460. The second kappa shape index (κ2) is 3.75. The Morgan fingerprint density at radius 2 is 2.21 bits per heavy atom. The summed E-state index contributed by atoms with van der Waals surface area (Å²) < 4.78 is 1.11.